The lowest BCUT2D eigenvalue weighted by molar-refractivity contribution is -0.126. The number of hydrogen-bond acceptors (Lipinski definition) is 3. The average molecular weight is 350 g/mol. The van der Waals surface area contributed by atoms with Crippen molar-refractivity contribution in [2.24, 2.45) is 5.92 Å². The van der Waals surface area contributed by atoms with E-state index in [0.717, 1.165) is 38.2 Å². The van der Waals surface area contributed by atoms with Crippen molar-refractivity contribution >= 4 is 23.5 Å². The first-order valence-corrected chi connectivity index (χ1v) is 8.50. The Morgan fingerprint density at radius 3 is 2.52 bits per heavy atom. The van der Waals surface area contributed by atoms with E-state index in [-0.39, 0.29) is 35.5 Å². The van der Waals surface area contributed by atoms with Crippen LogP contribution in [-0.4, -0.2) is 28.9 Å². The van der Waals surface area contributed by atoms with Crippen molar-refractivity contribution in [3.05, 3.63) is 29.6 Å². The minimum Gasteiger partial charge on any atom is -0.478 e. The smallest absolute Gasteiger partial charge is 0.335 e. The minimum atomic E-state index is -1.24. The summed E-state index contributed by atoms with van der Waals surface area (Å²) in [6, 6.07) is 2.92. The first kappa shape index (κ1) is 18.9. The Labute approximate surface area is 145 Å². The Balaban J connectivity index is 1.84. The molecule has 0 spiro atoms. The van der Waals surface area contributed by atoms with Gasteiger partial charge in [0.1, 0.15) is 5.82 Å². The number of carbonyl (C=O) groups excluding carboxylic acids is 2. The Morgan fingerprint density at radius 2 is 1.92 bits per heavy atom. The van der Waals surface area contributed by atoms with E-state index in [0.29, 0.717) is 0 Å². The van der Waals surface area contributed by atoms with Crippen LogP contribution in [-0.2, 0) is 9.59 Å². The van der Waals surface area contributed by atoms with Crippen molar-refractivity contribution in [1.29, 1.82) is 0 Å². The third kappa shape index (κ3) is 5.55. The van der Waals surface area contributed by atoms with Crippen LogP contribution in [0.2, 0.25) is 0 Å². The number of amides is 2. The number of anilines is 1. The fraction of sp³-hybridized carbons (Fsp3) is 0.500. The van der Waals surface area contributed by atoms with Gasteiger partial charge >= 0.3 is 5.97 Å². The van der Waals surface area contributed by atoms with Crippen LogP contribution < -0.4 is 10.6 Å². The van der Waals surface area contributed by atoms with Crippen LogP contribution in [0.25, 0.3) is 0 Å². The monoisotopic (exact) mass is 350 g/mol. The average Bonchev–Trinajstić information content (AvgIpc) is 2.57. The summed E-state index contributed by atoms with van der Waals surface area (Å²) in [5.74, 6) is -2.52. The topological polar surface area (TPSA) is 95.5 Å². The molecule has 0 aliphatic heterocycles. The predicted molar refractivity (Wildman–Crippen MR) is 90.8 cm³/mol. The molecule has 1 atom stereocenters. The van der Waals surface area contributed by atoms with Gasteiger partial charge in [-0.2, -0.15) is 0 Å². The summed E-state index contributed by atoms with van der Waals surface area (Å²) in [5, 5.41) is 14.0. The second kappa shape index (κ2) is 8.60. The molecule has 1 unspecified atom stereocenters. The summed E-state index contributed by atoms with van der Waals surface area (Å²) in [6.45, 7) is 1.73. The highest BCUT2D eigenvalue weighted by Crippen LogP contribution is 2.23. The molecular weight excluding hydrogens is 327 g/mol. The molecule has 1 saturated carbocycles. The SMILES string of the molecule is CC(CC(=O)Nc1ccc(C(=O)O)cc1F)NC(=O)C1CCCCC1. The predicted octanol–water partition coefficient (Wildman–Crippen LogP) is 2.94. The van der Waals surface area contributed by atoms with E-state index in [1.165, 1.54) is 12.1 Å². The van der Waals surface area contributed by atoms with Crippen molar-refractivity contribution < 1.29 is 23.9 Å². The maximum absolute atomic E-state index is 13.8. The zero-order valence-corrected chi connectivity index (χ0v) is 14.2. The van der Waals surface area contributed by atoms with Crippen molar-refractivity contribution in [3.8, 4) is 0 Å². The molecule has 6 nitrogen and oxygen atoms in total. The van der Waals surface area contributed by atoms with Crippen LogP contribution in [0.3, 0.4) is 0 Å². The van der Waals surface area contributed by atoms with Gasteiger partial charge in [-0.3, -0.25) is 9.59 Å². The van der Waals surface area contributed by atoms with Crippen LogP contribution in [0.5, 0.6) is 0 Å². The second-order valence-corrected chi connectivity index (χ2v) is 6.50. The lowest BCUT2D eigenvalue weighted by Crippen LogP contribution is -2.39. The highest BCUT2D eigenvalue weighted by Gasteiger charge is 2.23. The maximum Gasteiger partial charge on any atom is 0.335 e. The standard InChI is InChI=1S/C18H23FN2O4/c1-11(20-17(23)12-5-3-2-4-6-12)9-16(22)21-15-8-7-13(18(24)25)10-14(15)19/h7-8,10-12H,2-6,9H2,1H3,(H,20,23)(H,21,22)(H,24,25). The van der Waals surface area contributed by atoms with E-state index in [2.05, 4.69) is 10.6 Å². The van der Waals surface area contributed by atoms with Crippen molar-refractivity contribution in [2.75, 3.05) is 5.32 Å². The third-order valence-corrected chi connectivity index (χ3v) is 4.35. The second-order valence-electron chi connectivity index (χ2n) is 6.50. The van der Waals surface area contributed by atoms with Crippen molar-refractivity contribution in [3.63, 3.8) is 0 Å². The first-order valence-electron chi connectivity index (χ1n) is 8.50. The van der Waals surface area contributed by atoms with Crippen LogP contribution in [0.4, 0.5) is 10.1 Å². The summed E-state index contributed by atoms with van der Waals surface area (Å²) in [5.41, 5.74) is -0.274. The number of aromatic carboxylic acids is 1. The van der Waals surface area contributed by atoms with E-state index in [4.69, 9.17) is 5.11 Å². The molecule has 1 aromatic rings. The number of carboxylic acid groups (broad SMARTS) is 1. The van der Waals surface area contributed by atoms with Gasteiger partial charge < -0.3 is 15.7 Å². The molecular formula is C18H23FN2O4. The largest absolute Gasteiger partial charge is 0.478 e. The molecule has 25 heavy (non-hydrogen) atoms. The Hall–Kier alpha value is -2.44. The van der Waals surface area contributed by atoms with Crippen molar-refractivity contribution in [1.82, 2.24) is 5.32 Å². The van der Waals surface area contributed by atoms with Gasteiger partial charge in [-0.1, -0.05) is 19.3 Å². The van der Waals surface area contributed by atoms with Gasteiger partial charge in [0.2, 0.25) is 11.8 Å². The highest BCUT2D eigenvalue weighted by atomic mass is 19.1. The van der Waals surface area contributed by atoms with E-state index in [1.54, 1.807) is 6.92 Å². The number of nitrogens with one attached hydrogen (secondary N) is 2. The number of hydrogen-bond donors (Lipinski definition) is 3. The van der Waals surface area contributed by atoms with Gasteiger partial charge in [0.15, 0.2) is 0 Å². The molecule has 1 aromatic carbocycles. The zero-order valence-electron chi connectivity index (χ0n) is 14.2. The minimum absolute atomic E-state index is 0.0125. The number of halogens is 1. The van der Waals surface area contributed by atoms with Crippen molar-refractivity contribution in [2.45, 2.75) is 51.5 Å². The van der Waals surface area contributed by atoms with Gasteiger partial charge in [-0.15, -0.1) is 0 Å². The molecule has 0 heterocycles. The molecule has 1 fully saturated rings. The molecule has 2 rings (SSSR count). The van der Waals surface area contributed by atoms with Gasteiger partial charge in [0, 0.05) is 18.4 Å². The Kier molecular flexibility index (Phi) is 6.50. The summed E-state index contributed by atoms with van der Waals surface area (Å²) in [6.07, 6.45) is 5.04. The van der Waals surface area contributed by atoms with Gasteiger partial charge in [-0.25, -0.2) is 9.18 Å². The van der Waals surface area contributed by atoms with E-state index < -0.39 is 17.7 Å². The number of benzene rings is 1. The van der Waals surface area contributed by atoms with E-state index >= 15 is 0 Å². The fourth-order valence-corrected chi connectivity index (χ4v) is 3.01. The lowest BCUT2D eigenvalue weighted by Gasteiger charge is -2.23. The Morgan fingerprint density at radius 1 is 1.24 bits per heavy atom. The molecule has 0 radical (unpaired) electrons. The van der Waals surface area contributed by atoms with Gasteiger partial charge in [0.25, 0.3) is 0 Å². The summed E-state index contributed by atoms with van der Waals surface area (Å²) in [7, 11) is 0. The molecule has 0 bridgehead atoms. The molecule has 7 heteroatoms. The van der Waals surface area contributed by atoms with Crippen LogP contribution in [0, 0.1) is 11.7 Å². The third-order valence-electron chi connectivity index (χ3n) is 4.35. The van der Waals surface area contributed by atoms with Crippen LogP contribution in [0.1, 0.15) is 55.8 Å². The number of rotatable bonds is 6. The normalized spacial score (nSPS) is 16.1. The van der Waals surface area contributed by atoms with E-state index in [1.807, 2.05) is 0 Å². The zero-order chi connectivity index (χ0) is 18.4. The maximum atomic E-state index is 13.8. The number of carboxylic acids is 1. The van der Waals surface area contributed by atoms with Gasteiger partial charge in [-0.05, 0) is 38.0 Å². The van der Waals surface area contributed by atoms with E-state index in [9.17, 15) is 18.8 Å². The number of carbonyl (C=O) groups is 3. The van der Waals surface area contributed by atoms with Gasteiger partial charge in [0.05, 0.1) is 11.3 Å². The Bertz CT molecular complexity index is 656. The van der Waals surface area contributed by atoms with Crippen LogP contribution in [0.15, 0.2) is 18.2 Å². The lowest BCUT2D eigenvalue weighted by atomic mass is 9.88. The molecule has 1 aliphatic rings. The summed E-state index contributed by atoms with van der Waals surface area (Å²) >= 11 is 0. The molecule has 1 aliphatic carbocycles. The molecule has 2 amide bonds. The highest BCUT2D eigenvalue weighted by molar-refractivity contribution is 5.93. The first-order chi connectivity index (χ1) is 11.9. The van der Waals surface area contributed by atoms with Crippen LogP contribution >= 0.6 is 0 Å². The quantitative estimate of drug-likeness (QED) is 0.735. The summed E-state index contributed by atoms with van der Waals surface area (Å²) < 4.78 is 13.8. The summed E-state index contributed by atoms with van der Waals surface area (Å²) in [4.78, 5) is 34.9. The molecule has 0 aromatic heterocycles. The molecule has 136 valence electrons. The fourth-order valence-electron chi connectivity index (χ4n) is 3.01. The molecule has 0 saturated heterocycles. The molecule has 3 N–H and O–H groups in total.